The number of rotatable bonds is 3. The molecule has 1 aliphatic rings. The van der Waals surface area contributed by atoms with E-state index in [1.54, 1.807) is 6.07 Å². The molecule has 0 aliphatic carbocycles. The monoisotopic (exact) mass is 329 g/mol. The molecule has 104 valence electrons. The zero-order valence-electron chi connectivity index (χ0n) is 10.8. The van der Waals surface area contributed by atoms with E-state index in [-0.39, 0.29) is 17.8 Å². The van der Waals surface area contributed by atoms with Crippen LogP contribution in [-0.2, 0) is 9.53 Å². The molecule has 0 bridgehead atoms. The molecule has 1 aliphatic heterocycles. The van der Waals surface area contributed by atoms with Gasteiger partial charge in [-0.2, -0.15) is 0 Å². The van der Waals surface area contributed by atoms with Crippen molar-refractivity contribution in [3.8, 4) is 0 Å². The molecular weight excluding hydrogens is 313 g/mol. The molecule has 1 atom stereocenters. The Morgan fingerprint density at radius 1 is 1.53 bits per heavy atom. The Morgan fingerprint density at radius 3 is 3.00 bits per heavy atom. The van der Waals surface area contributed by atoms with Crippen LogP contribution in [0, 0.1) is 12.7 Å². The lowest BCUT2D eigenvalue weighted by Crippen LogP contribution is -2.25. The zero-order chi connectivity index (χ0) is 13.8. The molecule has 5 heteroatoms. The van der Waals surface area contributed by atoms with E-state index in [1.807, 2.05) is 6.92 Å². The lowest BCUT2D eigenvalue weighted by Gasteiger charge is -2.22. The van der Waals surface area contributed by atoms with Gasteiger partial charge in [-0.15, -0.1) is 0 Å². The second-order valence-electron chi connectivity index (χ2n) is 4.82. The van der Waals surface area contributed by atoms with Crippen molar-refractivity contribution in [1.82, 2.24) is 0 Å². The summed E-state index contributed by atoms with van der Waals surface area (Å²) in [7, 11) is 0. The van der Waals surface area contributed by atoms with Crippen LogP contribution < -0.4 is 5.32 Å². The van der Waals surface area contributed by atoms with Crippen LogP contribution in [0.4, 0.5) is 10.1 Å². The van der Waals surface area contributed by atoms with Crippen molar-refractivity contribution in [3.05, 3.63) is 28.0 Å². The average molecular weight is 330 g/mol. The molecule has 0 radical (unpaired) electrons. The number of amides is 1. The van der Waals surface area contributed by atoms with Crippen LogP contribution in [0.25, 0.3) is 0 Å². The molecule has 0 aromatic heterocycles. The second-order valence-corrected chi connectivity index (χ2v) is 5.68. The van der Waals surface area contributed by atoms with Gasteiger partial charge in [0, 0.05) is 12.3 Å². The standard InChI is InChI=1S/C14H17BrFNO2/c1-9-6-11(15)12(16)8-13(9)17-14(18)7-10-4-2-3-5-19-10/h6,8,10H,2-5,7H2,1H3,(H,17,18). The van der Waals surface area contributed by atoms with Crippen LogP contribution in [0.2, 0.25) is 0 Å². The molecule has 1 aromatic carbocycles. The number of carbonyl (C=O) groups is 1. The van der Waals surface area contributed by atoms with Gasteiger partial charge in [-0.05, 0) is 59.8 Å². The molecule has 1 N–H and O–H groups in total. The molecule has 3 nitrogen and oxygen atoms in total. The number of ether oxygens (including phenoxy) is 1. The van der Waals surface area contributed by atoms with Crippen LogP contribution >= 0.6 is 15.9 Å². The summed E-state index contributed by atoms with van der Waals surface area (Å²) in [5.74, 6) is -0.508. The van der Waals surface area contributed by atoms with Crippen LogP contribution in [0.5, 0.6) is 0 Å². The fourth-order valence-corrected chi connectivity index (χ4v) is 2.62. The van der Waals surface area contributed by atoms with Crippen LogP contribution in [-0.4, -0.2) is 18.6 Å². The van der Waals surface area contributed by atoms with Crippen molar-refractivity contribution >= 4 is 27.5 Å². The minimum Gasteiger partial charge on any atom is -0.378 e. The highest BCUT2D eigenvalue weighted by molar-refractivity contribution is 9.10. The Kier molecular flexibility index (Phi) is 4.93. The highest BCUT2D eigenvalue weighted by atomic mass is 79.9. The number of hydrogen-bond donors (Lipinski definition) is 1. The first kappa shape index (κ1) is 14.5. The number of nitrogens with one attached hydrogen (secondary N) is 1. The van der Waals surface area contributed by atoms with Gasteiger partial charge in [-0.25, -0.2) is 4.39 Å². The van der Waals surface area contributed by atoms with E-state index < -0.39 is 0 Å². The number of benzene rings is 1. The summed E-state index contributed by atoms with van der Waals surface area (Å²) in [4.78, 5) is 11.9. The van der Waals surface area contributed by atoms with Gasteiger partial charge in [-0.1, -0.05) is 0 Å². The third-order valence-electron chi connectivity index (χ3n) is 3.23. The maximum Gasteiger partial charge on any atom is 0.226 e. The van der Waals surface area contributed by atoms with Gasteiger partial charge in [0.25, 0.3) is 0 Å². The van der Waals surface area contributed by atoms with Gasteiger partial charge >= 0.3 is 0 Å². The van der Waals surface area contributed by atoms with Gasteiger partial charge in [0.15, 0.2) is 0 Å². The van der Waals surface area contributed by atoms with Crippen LogP contribution in [0.15, 0.2) is 16.6 Å². The van der Waals surface area contributed by atoms with Crippen LogP contribution in [0.3, 0.4) is 0 Å². The highest BCUT2D eigenvalue weighted by Crippen LogP contribution is 2.24. The first-order chi connectivity index (χ1) is 9.06. The van der Waals surface area contributed by atoms with Crippen molar-refractivity contribution in [2.75, 3.05) is 11.9 Å². The minimum absolute atomic E-state index is 0.00523. The predicted molar refractivity (Wildman–Crippen MR) is 75.7 cm³/mol. The summed E-state index contributed by atoms with van der Waals surface area (Å²) in [6.07, 6.45) is 3.41. The molecule has 19 heavy (non-hydrogen) atoms. The third kappa shape index (κ3) is 4.01. The Morgan fingerprint density at radius 2 is 2.32 bits per heavy atom. The van der Waals surface area contributed by atoms with Gasteiger partial charge in [0.1, 0.15) is 5.82 Å². The average Bonchev–Trinajstić information content (AvgIpc) is 2.37. The van der Waals surface area contributed by atoms with E-state index in [0.717, 1.165) is 31.4 Å². The Labute approximate surface area is 120 Å². The number of aryl methyl sites for hydroxylation is 1. The minimum atomic E-state index is -0.380. The van der Waals surface area contributed by atoms with Gasteiger partial charge in [0.2, 0.25) is 5.91 Å². The maximum absolute atomic E-state index is 13.4. The Bertz CT molecular complexity index is 473. The third-order valence-corrected chi connectivity index (χ3v) is 3.84. The SMILES string of the molecule is Cc1cc(Br)c(F)cc1NC(=O)CC1CCCCO1. The summed E-state index contributed by atoms with van der Waals surface area (Å²) in [6.45, 7) is 2.56. The molecule has 0 saturated carbocycles. The molecule has 1 heterocycles. The topological polar surface area (TPSA) is 38.3 Å². The fourth-order valence-electron chi connectivity index (χ4n) is 2.16. The zero-order valence-corrected chi connectivity index (χ0v) is 12.4. The van der Waals surface area contributed by atoms with Crippen molar-refractivity contribution in [2.45, 2.75) is 38.7 Å². The van der Waals surface area contributed by atoms with Crippen molar-refractivity contribution in [1.29, 1.82) is 0 Å². The number of halogens is 2. The molecule has 1 saturated heterocycles. The van der Waals surface area contributed by atoms with E-state index in [9.17, 15) is 9.18 Å². The molecule has 0 spiro atoms. The summed E-state index contributed by atoms with van der Waals surface area (Å²) >= 11 is 3.12. The van der Waals surface area contributed by atoms with Crippen molar-refractivity contribution < 1.29 is 13.9 Å². The molecule has 1 amide bonds. The molecular formula is C14H17BrFNO2. The smallest absolute Gasteiger partial charge is 0.226 e. The first-order valence-corrected chi connectivity index (χ1v) is 7.22. The summed E-state index contributed by atoms with van der Waals surface area (Å²) in [5.41, 5.74) is 1.34. The number of carbonyl (C=O) groups excluding carboxylic acids is 1. The largest absolute Gasteiger partial charge is 0.378 e. The van der Waals surface area contributed by atoms with Crippen LogP contribution in [0.1, 0.15) is 31.2 Å². The predicted octanol–water partition coefficient (Wildman–Crippen LogP) is 3.79. The van der Waals surface area contributed by atoms with E-state index in [0.29, 0.717) is 16.6 Å². The van der Waals surface area contributed by atoms with E-state index >= 15 is 0 Å². The van der Waals surface area contributed by atoms with Gasteiger partial charge in [-0.3, -0.25) is 4.79 Å². The van der Waals surface area contributed by atoms with E-state index in [4.69, 9.17) is 4.74 Å². The fraction of sp³-hybridized carbons (Fsp3) is 0.500. The van der Waals surface area contributed by atoms with Gasteiger partial charge in [0.05, 0.1) is 17.0 Å². The molecule has 1 fully saturated rings. The lowest BCUT2D eigenvalue weighted by molar-refractivity contribution is -0.119. The summed E-state index contributed by atoms with van der Waals surface area (Å²) in [5, 5.41) is 2.75. The highest BCUT2D eigenvalue weighted by Gasteiger charge is 2.18. The second kappa shape index (κ2) is 6.48. The Balaban J connectivity index is 1.96. The molecule has 1 unspecified atom stereocenters. The van der Waals surface area contributed by atoms with Crippen molar-refractivity contribution in [2.24, 2.45) is 0 Å². The normalized spacial score (nSPS) is 19.2. The quantitative estimate of drug-likeness (QED) is 0.916. The lowest BCUT2D eigenvalue weighted by atomic mass is 10.1. The van der Waals surface area contributed by atoms with Gasteiger partial charge < -0.3 is 10.1 Å². The van der Waals surface area contributed by atoms with E-state index in [2.05, 4.69) is 21.2 Å². The van der Waals surface area contributed by atoms with E-state index in [1.165, 1.54) is 6.07 Å². The maximum atomic E-state index is 13.4. The number of hydrogen-bond acceptors (Lipinski definition) is 2. The summed E-state index contributed by atoms with van der Waals surface area (Å²) in [6, 6.07) is 2.99. The molecule has 2 rings (SSSR count). The van der Waals surface area contributed by atoms with Crippen molar-refractivity contribution in [3.63, 3.8) is 0 Å². The first-order valence-electron chi connectivity index (χ1n) is 6.43. The number of anilines is 1. The Hall–Kier alpha value is -0.940. The summed E-state index contributed by atoms with van der Waals surface area (Å²) < 4.78 is 19.4. The molecule has 1 aromatic rings.